The smallest absolute Gasteiger partial charge is 0.0625 e. The van der Waals surface area contributed by atoms with Crippen LogP contribution in [0.25, 0.3) is 60.5 Å². The first kappa shape index (κ1) is 27.9. The molecule has 226 valence electrons. The molecule has 1 heterocycles. The fraction of sp³-hybridized carbons (Fsp3) is 0. The number of fused-ring (bicyclic) bond motifs is 4. The number of rotatable bonds is 6. The summed E-state index contributed by atoms with van der Waals surface area (Å²) >= 11 is 0. The molecule has 0 bridgehead atoms. The van der Waals surface area contributed by atoms with Crippen molar-refractivity contribution in [3.05, 3.63) is 194 Å². The van der Waals surface area contributed by atoms with Gasteiger partial charge in [-0.3, -0.25) is 0 Å². The number of benzene rings is 8. The van der Waals surface area contributed by atoms with Crippen molar-refractivity contribution in [2.24, 2.45) is 0 Å². The minimum absolute atomic E-state index is 1.12. The van der Waals surface area contributed by atoms with Gasteiger partial charge in [-0.1, -0.05) is 133 Å². The average Bonchev–Trinajstić information content (AvgIpc) is 3.49. The zero-order valence-corrected chi connectivity index (χ0v) is 26.4. The van der Waals surface area contributed by atoms with Gasteiger partial charge in [-0.25, -0.2) is 0 Å². The van der Waals surface area contributed by atoms with E-state index in [9.17, 15) is 0 Å². The maximum atomic E-state index is 2.45. The molecule has 2 nitrogen and oxygen atoms in total. The predicted octanol–water partition coefficient (Wildman–Crippen LogP) is 12.7. The second-order valence-corrected chi connectivity index (χ2v) is 12.2. The summed E-state index contributed by atoms with van der Waals surface area (Å²) in [4.78, 5) is 2.31. The number of para-hydroxylation sites is 3. The highest BCUT2D eigenvalue weighted by Crippen LogP contribution is 2.44. The molecule has 0 saturated heterocycles. The van der Waals surface area contributed by atoms with Crippen molar-refractivity contribution < 1.29 is 0 Å². The SMILES string of the molecule is c1ccc(-c2ccc(-n3c4ccccc4c4cc5ccccc5c(-c5ccc(N(c6ccccc6)c6ccccc6)cc5)c43)cc2)cc1. The molecule has 0 fully saturated rings. The molecule has 0 aliphatic heterocycles. The Morgan fingerprint density at radius 3 is 1.52 bits per heavy atom. The van der Waals surface area contributed by atoms with Gasteiger partial charge in [0.05, 0.1) is 11.0 Å². The second-order valence-electron chi connectivity index (χ2n) is 12.2. The molecule has 48 heavy (non-hydrogen) atoms. The average molecular weight is 613 g/mol. The summed E-state index contributed by atoms with van der Waals surface area (Å²) in [5.41, 5.74) is 11.8. The van der Waals surface area contributed by atoms with Crippen LogP contribution in [0.1, 0.15) is 0 Å². The van der Waals surface area contributed by atoms with Gasteiger partial charge in [0.1, 0.15) is 0 Å². The summed E-state index contributed by atoms with van der Waals surface area (Å²) in [5, 5.41) is 4.99. The fourth-order valence-electron chi connectivity index (χ4n) is 7.16. The summed E-state index contributed by atoms with van der Waals surface area (Å²) in [6, 6.07) is 69.8. The quantitative estimate of drug-likeness (QED) is 0.181. The molecule has 8 aromatic carbocycles. The van der Waals surface area contributed by atoms with E-state index in [4.69, 9.17) is 0 Å². The molecule has 0 N–H and O–H groups in total. The molecule has 0 atom stereocenters. The van der Waals surface area contributed by atoms with Crippen molar-refractivity contribution in [2.45, 2.75) is 0 Å². The minimum atomic E-state index is 1.12. The molecule has 0 amide bonds. The Balaban J connectivity index is 1.27. The zero-order valence-electron chi connectivity index (χ0n) is 26.4. The van der Waals surface area contributed by atoms with E-state index in [-0.39, 0.29) is 0 Å². The Morgan fingerprint density at radius 1 is 0.354 bits per heavy atom. The summed E-state index contributed by atoms with van der Waals surface area (Å²) in [5.74, 6) is 0. The summed E-state index contributed by atoms with van der Waals surface area (Å²) < 4.78 is 2.45. The van der Waals surface area contributed by atoms with Gasteiger partial charge in [-0.2, -0.15) is 0 Å². The van der Waals surface area contributed by atoms with Gasteiger partial charge in [0.2, 0.25) is 0 Å². The zero-order chi connectivity index (χ0) is 31.9. The molecule has 0 aliphatic carbocycles. The van der Waals surface area contributed by atoms with Crippen molar-refractivity contribution in [1.82, 2.24) is 4.57 Å². The lowest BCUT2D eigenvalue weighted by atomic mass is 9.94. The van der Waals surface area contributed by atoms with Crippen LogP contribution in [0.3, 0.4) is 0 Å². The molecular weight excluding hydrogens is 581 g/mol. The monoisotopic (exact) mass is 612 g/mol. The topological polar surface area (TPSA) is 8.17 Å². The van der Waals surface area contributed by atoms with Crippen molar-refractivity contribution in [3.8, 4) is 27.9 Å². The van der Waals surface area contributed by atoms with Crippen LogP contribution in [0.2, 0.25) is 0 Å². The number of aromatic nitrogens is 1. The summed E-state index contributed by atoms with van der Waals surface area (Å²) in [7, 11) is 0. The third kappa shape index (κ3) is 4.74. The molecular formula is C46H32N2. The van der Waals surface area contributed by atoms with Crippen LogP contribution in [0.15, 0.2) is 194 Å². The van der Waals surface area contributed by atoms with E-state index in [1.807, 2.05) is 0 Å². The minimum Gasteiger partial charge on any atom is -0.311 e. The Morgan fingerprint density at radius 2 is 0.854 bits per heavy atom. The lowest BCUT2D eigenvalue weighted by Gasteiger charge is -2.25. The molecule has 0 saturated carbocycles. The van der Waals surface area contributed by atoms with E-state index in [0.717, 1.165) is 22.7 Å². The van der Waals surface area contributed by atoms with Crippen LogP contribution in [0.5, 0.6) is 0 Å². The molecule has 0 radical (unpaired) electrons. The fourth-order valence-corrected chi connectivity index (χ4v) is 7.16. The van der Waals surface area contributed by atoms with E-state index in [1.54, 1.807) is 0 Å². The molecule has 1 aromatic heterocycles. The maximum absolute atomic E-state index is 2.45. The highest BCUT2D eigenvalue weighted by atomic mass is 15.1. The van der Waals surface area contributed by atoms with E-state index in [0.29, 0.717) is 0 Å². The Labute approximate surface area is 280 Å². The van der Waals surface area contributed by atoms with Gasteiger partial charge < -0.3 is 9.47 Å². The van der Waals surface area contributed by atoms with Gasteiger partial charge in [-0.15, -0.1) is 0 Å². The van der Waals surface area contributed by atoms with Gasteiger partial charge in [0.15, 0.2) is 0 Å². The number of anilines is 3. The van der Waals surface area contributed by atoms with Crippen molar-refractivity contribution in [2.75, 3.05) is 4.90 Å². The standard InChI is InChI=1S/C46H32N2/c1-4-14-33(15-5-1)34-24-28-40(29-25-34)48-44-23-13-12-22-42(44)43-32-36-16-10-11-21-41(36)45(46(43)48)35-26-30-39(31-27-35)47(37-17-6-2-7-18-37)38-19-8-3-9-20-38/h1-32H. The number of hydrogen-bond donors (Lipinski definition) is 0. The molecule has 9 aromatic rings. The first-order chi connectivity index (χ1) is 23.8. The second kappa shape index (κ2) is 11.8. The summed E-state index contributed by atoms with van der Waals surface area (Å²) in [6.07, 6.45) is 0. The van der Waals surface area contributed by atoms with Crippen molar-refractivity contribution in [1.29, 1.82) is 0 Å². The van der Waals surface area contributed by atoms with Crippen LogP contribution in [0, 0.1) is 0 Å². The molecule has 0 unspecified atom stereocenters. The van der Waals surface area contributed by atoms with Crippen LogP contribution < -0.4 is 4.90 Å². The van der Waals surface area contributed by atoms with Gasteiger partial charge >= 0.3 is 0 Å². The van der Waals surface area contributed by atoms with E-state index < -0.39 is 0 Å². The lowest BCUT2D eigenvalue weighted by molar-refractivity contribution is 1.18. The van der Waals surface area contributed by atoms with Crippen molar-refractivity contribution >= 4 is 49.6 Å². The molecule has 0 aliphatic rings. The lowest BCUT2D eigenvalue weighted by Crippen LogP contribution is -2.09. The largest absolute Gasteiger partial charge is 0.311 e. The number of nitrogens with zero attached hydrogens (tertiary/aromatic N) is 2. The van der Waals surface area contributed by atoms with Gasteiger partial charge in [0.25, 0.3) is 0 Å². The Kier molecular flexibility index (Phi) is 6.84. The Hall–Kier alpha value is -6.38. The first-order valence-electron chi connectivity index (χ1n) is 16.4. The normalized spacial score (nSPS) is 11.3. The molecule has 9 rings (SSSR count). The van der Waals surface area contributed by atoms with Crippen LogP contribution in [0.4, 0.5) is 17.1 Å². The van der Waals surface area contributed by atoms with E-state index >= 15 is 0 Å². The predicted molar refractivity (Wildman–Crippen MR) is 204 cm³/mol. The van der Waals surface area contributed by atoms with Crippen LogP contribution >= 0.6 is 0 Å². The van der Waals surface area contributed by atoms with Crippen molar-refractivity contribution in [3.63, 3.8) is 0 Å². The highest BCUT2D eigenvalue weighted by molar-refractivity contribution is 6.21. The third-order valence-corrected chi connectivity index (χ3v) is 9.36. The highest BCUT2D eigenvalue weighted by Gasteiger charge is 2.20. The van der Waals surface area contributed by atoms with Gasteiger partial charge in [0, 0.05) is 39.1 Å². The third-order valence-electron chi connectivity index (χ3n) is 9.36. The number of hydrogen-bond acceptors (Lipinski definition) is 1. The summed E-state index contributed by atoms with van der Waals surface area (Å²) in [6.45, 7) is 0. The Bertz CT molecular complexity index is 2470. The van der Waals surface area contributed by atoms with Crippen LogP contribution in [-0.2, 0) is 0 Å². The van der Waals surface area contributed by atoms with Crippen LogP contribution in [-0.4, -0.2) is 4.57 Å². The van der Waals surface area contributed by atoms with E-state index in [2.05, 4.69) is 204 Å². The first-order valence-corrected chi connectivity index (χ1v) is 16.4. The molecule has 0 spiro atoms. The van der Waals surface area contributed by atoms with Gasteiger partial charge in [-0.05, 0) is 88.1 Å². The molecule has 2 heteroatoms. The van der Waals surface area contributed by atoms with E-state index in [1.165, 1.54) is 54.8 Å². The maximum Gasteiger partial charge on any atom is 0.0625 e.